The fourth-order valence-electron chi connectivity index (χ4n) is 7.21. The zero-order valence-corrected chi connectivity index (χ0v) is 23.7. The number of imide groups is 2. The number of hydrogen-bond acceptors (Lipinski definition) is 8. The lowest BCUT2D eigenvalue weighted by atomic mass is 9.58. The molecule has 6 atom stereocenters. The summed E-state index contributed by atoms with van der Waals surface area (Å²) in [5.74, 6) is -7.18. The van der Waals surface area contributed by atoms with Crippen LogP contribution in [0.15, 0.2) is 35.9 Å². The maximum absolute atomic E-state index is 13.7. The first-order chi connectivity index (χ1) is 20.5. The highest BCUT2D eigenvalue weighted by Gasteiger charge is 2.61. The number of carbonyl (C=O) groups is 6. The maximum atomic E-state index is 13.7. The second kappa shape index (κ2) is 12.0. The summed E-state index contributed by atoms with van der Waals surface area (Å²) >= 11 is 0. The largest absolute Gasteiger partial charge is 0.504 e. The molecule has 0 aromatic heterocycles. The Labute approximate surface area is 247 Å². The number of phenolic OH excluding ortho intramolecular Hbond substituents is 1. The van der Waals surface area contributed by atoms with Gasteiger partial charge in [-0.1, -0.05) is 29.9 Å². The Kier molecular flexibility index (Phi) is 8.38. The molecule has 2 saturated heterocycles. The quantitative estimate of drug-likeness (QED) is 0.254. The van der Waals surface area contributed by atoms with Crippen LogP contribution in [0.4, 0.5) is 0 Å². The van der Waals surface area contributed by atoms with Crippen molar-refractivity contribution < 1.29 is 48.8 Å². The Morgan fingerprint density at radius 2 is 1.49 bits per heavy atom. The monoisotopic (exact) mass is 594 g/mol. The standard InChI is InChI=1S/C31H34N2O10/c1-43-23-14-16(7-11-22(23)34)6-8-18-17-9-10-19-27(31(42)32(28(19)39)12-2-4-24(35)36)20(17)15-21-26(18)30(41)33(29(21)40)13-3-5-25(37)38/h6-9,11,14,18-21,26-27,34H,2-5,10,12-13,15H2,1H3,(H,35,36)(H,37,38). The van der Waals surface area contributed by atoms with Gasteiger partial charge in [0.15, 0.2) is 11.5 Å². The van der Waals surface area contributed by atoms with Gasteiger partial charge in [-0.05, 0) is 49.3 Å². The van der Waals surface area contributed by atoms with Crippen molar-refractivity contribution in [2.24, 2.45) is 35.5 Å². The average Bonchev–Trinajstić information content (AvgIpc) is 3.35. The number of carboxylic acids is 2. The van der Waals surface area contributed by atoms with Gasteiger partial charge in [0, 0.05) is 31.8 Å². The van der Waals surface area contributed by atoms with E-state index in [0.29, 0.717) is 5.56 Å². The van der Waals surface area contributed by atoms with Crippen LogP contribution in [0.5, 0.6) is 11.5 Å². The van der Waals surface area contributed by atoms with Crippen LogP contribution in [0.2, 0.25) is 0 Å². The smallest absolute Gasteiger partial charge is 0.303 e. The zero-order chi connectivity index (χ0) is 31.0. The summed E-state index contributed by atoms with van der Waals surface area (Å²) in [7, 11) is 1.43. The molecule has 5 rings (SSSR count). The van der Waals surface area contributed by atoms with Gasteiger partial charge >= 0.3 is 11.9 Å². The van der Waals surface area contributed by atoms with Gasteiger partial charge in [0.05, 0.1) is 30.8 Å². The highest BCUT2D eigenvalue weighted by Crippen LogP contribution is 2.55. The van der Waals surface area contributed by atoms with Gasteiger partial charge in [-0.15, -0.1) is 0 Å². The number of likely N-dealkylation sites (tertiary alicyclic amines) is 2. The van der Waals surface area contributed by atoms with Gasteiger partial charge in [-0.2, -0.15) is 0 Å². The first-order valence-corrected chi connectivity index (χ1v) is 14.4. The summed E-state index contributed by atoms with van der Waals surface area (Å²) < 4.78 is 5.20. The van der Waals surface area contributed by atoms with E-state index < -0.39 is 53.4 Å². The molecule has 4 aliphatic rings. The van der Waals surface area contributed by atoms with Crippen LogP contribution in [-0.4, -0.2) is 80.9 Å². The van der Waals surface area contributed by atoms with E-state index in [0.717, 1.165) is 15.4 Å². The second-order valence-electron chi connectivity index (χ2n) is 11.5. The Bertz CT molecular complexity index is 1430. The number of methoxy groups -OCH3 is 1. The summed E-state index contributed by atoms with van der Waals surface area (Å²) in [6.07, 6.45) is 5.88. The van der Waals surface area contributed by atoms with E-state index in [4.69, 9.17) is 14.9 Å². The van der Waals surface area contributed by atoms with E-state index >= 15 is 0 Å². The van der Waals surface area contributed by atoms with Gasteiger partial charge in [-0.25, -0.2) is 0 Å². The summed E-state index contributed by atoms with van der Waals surface area (Å²) in [5, 5.41) is 28.0. The van der Waals surface area contributed by atoms with Crippen molar-refractivity contribution >= 4 is 41.6 Å². The molecule has 6 unspecified atom stereocenters. The number of ether oxygens (including phenoxy) is 1. The van der Waals surface area contributed by atoms with E-state index in [-0.39, 0.29) is 80.8 Å². The van der Waals surface area contributed by atoms with Gasteiger partial charge < -0.3 is 20.1 Å². The van der Waals surface area contributed by atoms with Gasteiger partial charge in [0.25, 0.3) is 0 Å². The Morgan fingerprint density at radius 1 is 0.884 bits per heavy atom. The van der Waals surface area contributed by atoms with Crippen LogP contribution in [0.25, 0.3) is 6.08 Å². The summed E-state index contributed by atoms with van der Waals surface area (Å²) in [4.78, 5) is 78.5. The number of benzene rings is 1. The van der Waals surface area contributed by atoms with E-state index in [1.54, 1.807) is 18.2 Å². The number of nitrogens with zero attached hydrogens (tertiary/aromatic N) is 2. The highest BCUT2D eigenvalue weighted by molar-refractivity contribution is 6.07. The molecule has 4 amide bonds. The maximum Gasteiger partial charge on any atom is 0.303 e. The minimum absolute atomic E-state index is 0.00582. The summed E-state index contributed by atoms with van der Waals surface area (Å²) in [6, 6.07) is 4.78. The summed E-state index contributed by atoms with van der Waals surface area (Å²) in [6.45, 7) is -0.0149. The minimum Gasteiger partial charge on any atom is -0.504 e. The van der Waals surface area contributed by atoms with E-state index in [2.05, 4.69) is 0 Å². The third kappa shape index (κ3) is 5.53. The van der Waals surface area contributed by atoms with Crippen molar-refractivity contribution in [3.63, 3.8) is 0 Å². The van der Waals surface area contributed by atoms with E-state index in [9.17, 15) is 33.9 Å². The van der Waals surface area contributed by atoms with Crippen LogP contribution >= 0.6 is 0 Å². The Balaban J connectivity index is 1.48. The minimum atomic E-state index is -1.03. The van der Waals surface area contributed by atoms with Gasteiger partial charge in [0.2, 0.25) is 23.6 Å². The highest BCUT2D eigenvalue weighted by atomic mass is 16.5. The lowest BCUT2D eigenvalue weighted by Crippen LogP contribution is -2.43. The topological polar surface area (TPSA) is 179 Å². The molecule has 2 aliphatic carbocycles. The molecule has 12 heteroatoms. The molecule has 1 aromatic rings. The number of allylic oxidation sites excluding steroid dienone is 3. The van der Waals surface area contributed by atoms with Crippen molar-refractivity contribution in [2.45, 2.75) is 38.5 Å². The molecule has 3 fully saturated rings. The molecule has 0 bridgehead atoms. The molecular weight excluding hydrogens is 560 g/mol. The molecule has 3 N–H and O–H groups in total. The molecule has 12 nitrogen and oxygen atoms in total. The van der Waals surface area contributed by atoms with Gasteiger partial charge in [0.1, 0.15) is 0 Å². The van der Waals surface area contributed by atoms with E-state index in [1.165, 1.54) is 13.2 Å². The third-order valence-electron chi connectivity index (χ3n) is 9.13. The average molecular weight is 595 g/mol. The lowest BCUT2D eigenvalue weighted by Gasteiger charge is -2.42. The fraction of sp³-hybridized carbons (Fsp3) is 0.484. The zero-order valence-electron chi connectivity index (χ0n) is 23.7. The number of carbonyl (C=O) groups excluding carboxylic acids is 4. The number of aromatic hydroxyl groups is 1. The molecule has 0 spiro atoms. The van der Waals surface area contributed by atoms with Crippen LogP contribution in [0.1, 0.15) is 44.1 Å². The molecule has 1 saturated carbocycles. The first kappa shape index (κ1) is 30.0. The normalized spacial score (nSPS) is 28.2. The predicted molar refractivity (Wildman–Crippen MR) is 149 cm³/mol. The predicted octanol–water partition coefficient (Wildman–Crippen LogP) is 2.31. The van der Waals surface area contributed by atoms with Crippen LogP contribution < -0.4 is 4.74 Å². The fourth-order valence-corrected chi connectivity index (χ4v) is 7.21. The first-order valence-electron chi connectivity index (χ1n) is 14.4. The van der Waals surface area contributed by atoms with Gasteiger partial charge in [-0.3, -0.25) is 38.6 Å². The number of amides is 4. The van der Waals surface area contributed by atoms with Crippen molar-refractivity contribution in [1.29, 1.82) is 0 Å². The molecule has 228 valence electrons. The van der Waals surface area contributed by atoms with Crippen molar-refractivity contribution in [1.82, 2.24) is 9.80 Å². The Morgan fingerprint density at radius 3 is 2.09 bits per heavy atom. The number of phenols is 1. The number of rotatable bonds is 11. The number of hydrogen-bond donors (Lipinski definition) is 3. The summed E-state index contributed by atoms with van der Waals surface area (Å²) in [5.41, 5.74) is 1.49. The van der Waals surface area contributed by atoms with Crippen LogP contribution in [0.3, 0.4) is 0 Å². The van der Waals surface area contributed by atoms with Crippen LogP contribution in [-0.2, 0) is 28.8 Å². The van der Waals surface area contributed by atoms with Crippen molar-refractivity contribution in [3.8, 4) is 11.5 Å². The van der Waals surface area contributed by atoms with Crippen molar-refractivity contribution in [2.75, 3.05) is 20.2 Å². The van der Waals surface area contributed by atoms with Crippen LogP contribution in [0, 0.1) is 35.5 Å². The molecule has 0 radical (unpaired) electrons. The van der Waals surface area contributed by atoms with E-state index in [1.807, 2.05) is 12.2 Å². The molecule has 1 aromatic carbocycles. The molecule has 2 aliphatic heterocycles. The number of fused-ring (bicyclic) bond motifs is 4. The third-order valence-corrected chi connectivity index (χ3v) is 9.13. The molecule has 2 heterocycles. The Hall–Kier alpha value is -4.48. The van der Waals surface area contributed by atoms with Crippen molar-refractivity contribution in [3.05, 3.63) is 41.5 Å². The molecular formula is C31H34N2O10. The number of aliphatic carboxylic acids is 2. The number of carboxylic acid groups (broad SMARTS) is 2. The lowest BCUT2D eigenvalue weighted by molar-refractivity contribution is -0.143. The SMILES string of the molecule is COc1cc(C=CC2C3=CCC4C(=O)N(CCCC(=O)O)C(=O)C4C3CC3C(=O)N(CCCC(=O)O)C(=O)C23)ccc1O. The second-order valence-corrected chi connectivity index (χ2v) is 11.5. The molecule has 43 heavy (non-hydrogen) atoms.